The first kappa shape index (κ1) is 17.9. The molecule has 0 aliphatic heterocycles. The zero-order valence-corrected chi connectivity index (χ0v) is 15.6. The van der Waals surface area contributed by atoms with Gasteiger partial charge in [0.05, 0.1) is 0 Å². The van der Waals surface area contributed by atoms with E-state index >= 15 is 0 Å². The summed E-state index contributed by atoms with van der Waals surface area (Å²) in [5.41, 5.74) is 4.25. The third-order valence-corrected chi connectivity index (χ3v) is 4.10. The van der Waals surface area contributed by atoms with Gasteiger partial charge in [-0.05, 0) is 62.7 Å². The zero-order chi connectivity index (χ0) is 18.7. The van der Waals surface area contributed by atoms with E-state index in [-0.39, 0.29) is 5.78 Å². The molecule has 1 aromatic heterocycles. The maximum Gasteiger partial charge on any atom is 0.229 e. The quantitative estimate of drug-likeness (QED) is 0.589. The first-order valence-corrected chi connectivity index (χ1v) is 8.55. The number of hydrogen-bond acceptors (Lipinski definition) is 5. The highest BCUT2D eigenvalue weighted by molar-refractivity contribution is 6.30. The molecule has 0 bridgehead atoms. The van der Waals surface area contributed by atoms with Gasteiger partial charge in [0, 0.05) is 33.7 Å². The molecular weight excluding hydrogens is 348 g/mol. The van der Waals surface area contributed by atoms with Gasteiger partial charge in [0.2, 0.25) is 5.95 Å². The molecule has 0 unspecified atom stereocenters. The van der Waals surface area contributed by atoms with E-state index in [2.05, 4.69) is 20.6 Å². The standard InChI is InChI=1S/C20H19ClN4O/c1-12-4-7-16(21)11-18(12)24-20-22-13(2)10-19(25-20)23-17-8-5-15(6-9-17)14(3)26/h4-11H,1-3H3,(H2,22,23,24,25). The summed E-state index contributed by atoms with van der Waals surface area (Å²) < 4.78 is 0. The maximum atomic E-state index is 11.4. The number of aryl methyl sites for hydroxylation is 2. The van der Waals surface area contributed by atoms with Crippen LogP contribution in [0.2, 0.25) is 5.02 Å². The molecule has 3 aromatic rings. The number of aromatic nitrogens is 2. The fourth-order valence-corrected chi connectivity index (χ4v) is 2.65. The third-order valence-electron chi connectivity index (χ3n) is 3.86. The Morgan fingerprint density at radius 2 is 1.69 bits per heavy atom. The van der Waals surface area contributed by atoms with Crippen molar-refractivity contribution in [3.05, 3.63) is 70.4 Å². The maximum absolute atomic E-state index is 11.4. The number of anilines is 4. The highest BCUT2D eigenvalue weighted by atomic mass is 35.5. The topological polar surface area (TPSA) is 66.9 Å². The van der Waals surface area contributed by atoms with Crippen molar-refractivity contribution in [1.82, 2.24) is 9.97 Å². The molecule has 3 rings (SSSR count). The first-order chi connectivity index (χ1) is 12.4. The summed E-state index contributed by atoms with van der Waals surface area (Å²) in [6.45, 7) is 5.44. The molecule has 5 nitrogen and oxygen atoms in total. The van der Waals surface area contributed by atoms with E-state index in [1.54, 1.807) is 19.1 Å². The van der Waals surface area contributed by atoms with Crippen LogP contribution in [0.5, 0.6) is 0 Å². The summed E-state index contributed by atoms with van der Waals surface area (Å²) in [6.07, 6.45) is 0. The van der Waals surface area contributed by atoms with Gasteiger partial charge in [0.25, 0.3) is 0 Å². The predicted molar refractivity (Wildman–Crippen MR) is 106 cm³/mol. The largest absolute Gasteiger partial charge is 0.340 e. The average molecular weight is 367 g/mol. The molecule has 0 radical (unpaired) electrons. The van der Waals surface area contributed by atoms with Crippen LogP contribution in [-0.4, -0.2) is 15.8 Å². The number of ketones is 1. The number of benzene rings is 2. The summed E-state index contributed by atoms with van der Waals surface area (Å²) in [5, 5.41) is 7.10. The second-order valence-corrected chi connectivity index (χ2v) is 6.50. The lowest BCUT2D eigenvalue weighted by Crippen LogP contribution is -2.03. The Kier molecular flexibility index (Phi) is 5.19. The summed E-state index contributed by atoms with van der Waals surface area (Å²) in [5.74, 6) is 1.19. The van der Waals surface area contributed by atoms with Crippen molar-refractivity contribution in [2.24, 2.45) is 0 Å². The number of rotatable bonds is 5. The van der Waals surface area contributed by atoms with Crippen LogP contribution in [0.15, 0.2) is 48.5 Å². The fraction of sp³-hybridized carbons (Fsp3) is 0.150. The van der Waals surface area contributed by atoms with Gasteiger partial charge >= 0.3 is 0 Å². The monoisotopic (exact) mass is 366 g/mol. The molecule has 0 saturated heterocycles. The van der Waals surface area contributed by atoms with Gasteiger partial charge in [-0.25, -0.2) is 4.98 Å². The minimum Gasteiger partial charge on any atom is -0.340 e. The van der Waals surface area contributed by atoms with Crippen LogP contribution in [-0.2, 0) is 0 Å². The Morgan fingerprint density at radius 1 is 0.962 bits per heavy atom. The van der Waals surface area contributed by atoms with Crippen molar-refractivity contribution in [3.63, 3.8) is 0 Å². The van der Waals surface area contributed by atoms with Gasteiger partial charge in [0.1, 0.15) is 5.82 Å². The lowest BCUT2D eigenvalue weighted by atomic mass is 10.1. The van der Waals surface area contributed by atoms with E-state index in [0.29, 0.717) is 22.4 Å². The molecule has 0 atom stereocenters. The van der Waals surface area contributed by atoms with Crippen molar-refractivity contribution in [1.29, 1.82) is 0 Å². The Hall–Kier alpha value is -2.92. The number of carbonyl (C=O) groups is 1. The van der Waals surface area contributed by atoms with Crippen LogP contribution in [0.1, 0.15) is 28.5 Å². The van der Waals surface area contributed by atoms with Gasteiger partial charge < -0.3 is 10.6 Å². The molecule has 2 N–H and O–H groups in total. The molecule has 0 spiro atoms. The Labute approximate surface area is 157 Å². The highest BCUT2D eigenvalue weighted by Crippen LogP contribution is 2.24. The average Bonchev–Trinajstić information content (AvgIpc) is 2.58. The molecular formula is C20H19ClN4O. The Bertz CT molecular complexity index is 955. The van der Waals surface area contributed by atoms with Gasteiger partial charge in [-0.15, -0.1) is 0 Å². The highest BCUT2D eigenvalue weighted by Gasteiger charge is 2.06. The first-order valence-electron chi connectivity index (χ1n) is 8.17. The van der Waals surface area contributed by atoms with E-state index in [9.17, 15) is 4.79 Å². The molecule has 6 heteroatoms. The molecule has 0 amide bonds. The third kappa shape index (κ3) is 4.37. The van der Waals surface area contributed by atoms with E-state index in [1.807, 2.05) is 50.2 Å². The predicted octanol–water partition coefficient (Wildman–Crippen LogP) is 5.44. The smallest absolute Gasteiger partial charge is 0.229 e. The number of nitrogens with zero attached hydrogens (tertiary/aromatic N) is 2. The molecule has 2 aromatic carbocycles. The van der Waals surface area contributed by atoms with Gasteiger partial charge in [-0.2, -0.15) is 4.98 Å². The second kappa shape index (κ2) is 7.54. The summed E-state index contributed by atoms with van der Waals surface area (Å²) in [4.78, 5) is 20.3. The van der Waals surface area contributed by atoms with Crippen LogP contribution in [0.3, 0.4) is 0 Å². The summed E-state index contributed by atoms with van der Waals surface area (Å²) in [7, 11) is 0. The van der Waals surface area contributed by atoms with Crippen LogP contribution in [0, 0.1) is 13.8 Å². The lowest BCUT2D eigenvalue weighted by molar-refractivity contribution is 0.101. The number of carbonyl (C=O) groups excluding carboxylic acids is 1. The van der Waals surface area contributed by atoms with E-state index in [1.165, 1.54) is 0 Å². The van der Waals surface area contributed by atoms with Crippen LogP contribution < -0.4 is 10.6 Å². The van der Waals surface area contributed by atoms with Crippen LogP contribution in [0.4, 0.5) is 23.1 Å². The molecule has 0 fully saturated rings. The Balaban J connectivity index is 1.83. The van der Waals surface area contributed by atoms with Gasteiger partial charge in [0.15, 0.2) is 5.78 Å². The molecule has 0 aliphatic carbocycles. The number of halogens is 1. The van der Waals surface area contributed by atoms with Crippen molar-refractivity contribution in [2.45, 2.75) is 20.8 Å². The minimum absolute atomic E-state index is 0.0396. The van der Waals surface area contributed by atoms with E-state index in [0.717, 1.165) is 22.6 Å². The molecule has 0 saturated carbocycles. The number of hydrogen-bond donors (Lipinski definition) is 2. The number of nitrogens with one attached hydrogen (secondary N) is 2. The second-order valence-electron chi connectivity index (χ2n) is 6.06. The van der Waals surface area contributed by atoms with E-state index in [4.69, 9.17) is 11.6 Å². The Morgan fingerprint density at radius 3 is 2.38 bits per heavy atom. The molecule has 0 aliphatic rings. The van der Waals surface area contributed by atoms with Crippen molar-refractivity contribution in [3.8, 4) is 0 Å². The van der Waals surface area contributed by atoms with Crippen LogP contribution >= 0.6 is 11.6 Å². The van der Waals surface area contributed by atoms with E-state index < -0.39 is 0 Å². The number of Topliss-reactive ketones (excluding diaryl/α,β-unsaturated/α-hetero) is 1. The minimum atomic E-state index is 0.0396. The van der Waals surface area contributed by atoms with Crippen LogP contribution in [0.25, 0.3) is 0 Å². The fourth-order valence-electron chi connectivity index (χ4n) is 2.47. The van der Waals surface area contributed by atoms with Crippen molar-refractivity contribution < 1.29 is 4.79 Å². The lowest BCUT2D eigenvalue weighted by Gasteiger charge is -2.12. The summed E-state index contributed by atoms with van der Waals surface area (Å²) >= 11 is 6.07. The molecule has 26 heavy (non-hydrogen) atoms. The SMILES string of the molecule is CC(=O)c1ccc(Nc2cc(C)nc(Nc3cc(Cl)ccc3C)n2)cc1. The van der Waals surface area contributed by atoms with Gasteiger partial charge in [-0.3, -0.25) is 4.79 Å². The molecule has 132 valence electrons. The van der Waals surface area contributed by atoms with Gasteiger partial charge in [-0.1, -0.05) is 17.7 Å². The normalized spacial score (nSPS) is 10.5. The zero-order valence-electron chi connectivity index (χ0n) is 14.8. The summed E-state index contributed by atoms with van der Waals surface area (Å²) in [6, 6.07) is 14.8. The van der Waals surface area contributed by atoms with Crippen molar-refractivity contribution in [2.75, 3.05) is 10.6 Å². The van der Waals surface area contributed by atoms with Crippen molar-refractivity contribution >= 4 is 40.5 Å². The molecule has 1 heterocycles.